The van der Waals surface area contributed by atoms with E-state index in [-0.39, 0.29) is 0 Å². The summed E-state index contributed by atoms with van der Waals surface area (Å²) in [5.41, 5.74) is 10.4. The molecule has 0 bridgehead atoms. The predicted molar refractivity (Wildman–Crippen MR) is 73.3 cm³/mol. The molecule has 0 aromatic heterocycles. The molecule has 0 aliphatic rings. The van der Waals surface area contributed by atoms with Crippen molar-refractivity contribution in [3.8, 4) is 0 Å². The first kappa shape index (κ1) is 13.2. The minimum atomic E-state index is -3.72. The van der Waals surface area contributed by atoms with E-state index in [0.29, 0.717) is 16.7 Å². The summed E-state index contributed by atoms with van der Waals surface area (Å²) in [7, 11) is -3.72. The van der Waals surface area contributed by atoms with Crippen molar-refractivity contribution in [3.63, 3.8) is 0 Å². The zero-order chi connectivity index (χ0) is 13.7. The number of benzene rings is 2. The van der Waals surface area contributed by atoms with Gasteiger partial charge in [-0.25, -0.2) is 8.42 Å². The maximum Gasteiger partial charge on any atom is 0.371 e. The Kier molecular flexibility index (Phi) is 3.90. The van der Waals surface area contributed by atoms with Gasteiger partial charge in [-0.1, -0.05) is 60.7 Å². The first-order valence-corrected chi connectivity index (χ1v) is 7.27. The topological polar surface area (TPSA) is 70.5 Å². The van der Waals surface area contributed by atoms with Crippen LogP contribution < -0.4 is 0 Å². The Hall–Kier alpha value is -2.23. The van der Waals surface area contributed by atoms with E-state index in [1.807, 2.05) is 12.1 Å². The van der Waals surface area contributed by atoms with Gasteiger partial charge in [0.15, 0.2) is 0 Å². The molecule has 5 heteroatoms. The largest absolute Gasteiger partial charge is 0.371 e. The van der Waals surface area contributed by atoms with Crippen LogP contribution in [0.4, 0.5) is 0 Å². The van der Waals surface area contributed by atoms with Gasteiger partial charge in [0.25, 0.3) is 9.84 Å². The van der Waals surface area contributed by atoms with Crippen molar-refractivity contribution in [3.05, 3.63) is 77.3 Å². The van der Waals surface area contributed by atoms with Crippen LogP contribution in [-0.4, -0.2) is 18.8 Å². The molecule has 19 heavy (non-hydrogen) atoms. The highest BCUT2D eigenvalue weighted by Crippen LogP contribution is 2.29. The molecular formula is C14H12N2O2S. The number of hydrogen-bond acceptors (Lipinski definition) is 2. The standard InChI is InChI=1S/C14H12N2O2S/c15-16-11-19(17,18)14(12-7-3-1-4-8-12)13-9-5-2-6-10-13/h1-11,14H. The average Bonchev–Trinajstić information content (AvgIpc) is 2.41. The smallest absolute Gasteiger partial charge is 0.361 e. The van der Waals surface area contributed by atoms with Crippen molar-refractivity contribution in [2.24, 2.45) is 0 Å². The Morgan fingerprint density at radius 1 is 0.895 bits per heavy atom. The van der Waals surface area contributed by atoms with Crippen LogP contribution in [0.3, 0.4) is 0 Å². The van der Waals surface area contributed by atoms with Gasteiger partial charge in [-0.05, 0) is 11.1 Å². The molecule has 0 N–H and O–H groups in total. The van der Waals surface area contributed by atoms with E-state index in [0.717, 1.165) is 0 Å². The van der Waals surface area contributed by atoms with E-state index < -0.39 is 15.1 Å². The molecule has 0 saturated carbocycles. The normalized spacial score (nSPS) is 11.0. The van der Waals surface area contributed by atoms with Crippen LogP contribution in [0.25, 0.3) is 5.53 Å². The van der Waals surface area contributed by atoms with Crippen LogP contribution in [0, 0.1) is 0 Å². The molecule has 0 unspecified atom stereocenters. The Labute approximate surface area is 111 Å². The molecule has 0 aliphatic carbocycles. The lowest BCUT2D eigenvalue weighted by Crippen LogP contribution is -2.16. The van der Waals surface area contributed by atoms with Crippen molar-refractivity contribution in [1.82, 2.24) is 0 Å². The molecule has 0 radical (unpaired) electrons. The Bertz CT molecular complexity index is 651. The number of nitrogens with zero attached hydrogens (tertiary/aromatic N) is 2. The molecule has 4 nitrogen and oxygen atoms in total. The monoisotopic (exact) mass is 272 g/mol. The highest BCUT2D eigenvalue weighted by atomic mass is 32.2. The third-order valence-electron chi connectivity index (χ3n) is 2.73. The summed E-state index contributed by atoms with van der Waals surface area (Å²) >= 11 is 0. The minimum absolute atomic E-state index is 0.581. The fourth-order valence-electron chi connectivity index (χ4n) is 1.95. The quantitative estimate of drug-likeness (QED) is 0.371. The number of hydrogen-bond donors (Lipinski definition) is 0. The lowest BCUT2D eigenvalue weighted by Gasteiger charge is -2.14. The number of rotatable bonds is 4. The zero-order valence-electron chi connectivity index (χ0n) is 10.0. The first-order chi connectivity index (χ1) is 9.15. The van der Waals surface area contributed by atoms with E-state index >= 15 is 0 Å². The molecule has 0 spiro atoms. The maximum atomic E-state index is 12.2. The SMILES string of the molecule is [N-]=[N+]=CS(=O)(=O)C(c1ccccc1)c1ccccc1. The van der Waals surface area contributed by atoms with Crippen LogP contribution in [0.2, 0.25) is 0 Å². The van der Waals surface area contributed by atoms with E-state index in [4.69, 9.17) is 5.53 Å². The Morgan fingerprint density at radius 2 is 1.32 bits per heavy atom. The summed E-state index contributed by atoms with van der Waals surface area (Å²) in [6.07, 6.45) is 0. The summed E-state index contributed by atoms with van der Waals surface area (Å²) in [5.74, 6) is 0. The van der Waals surface area contributed by atoms with Gasteiger partial charge in [-0.15, -0.1) is 0 Å². The summed E-state index contributed by atoms with van der Waals surface area (Å²) in [5, 5.41) is -0.870. The van der Waals surface area contributed by atoms with Crippen molar-refractivity contribution >= 4 is 15.4 Å². The Morgan fingerprint density at radius 3 is 1.68 bits per heavy atom. The van der Waals surface area contributed by atoms with Crippen molar-refractivity contribution < 1.29 is 13.2 Å². The molecule has 0 saturated heterocycles. The summed E-state index contributed by atoms with van der Waals surface area (Å²) in [6.45, 7) is 0. The van der Waals surface area contributed by atoms with Gasteiger partial charge in [0, 0.05) is 0 Å². The lowest BCUT2D eigenvalue weighted by atomic mass is 10.0. The second-order valence-corrected chi connectivity index (χ2v) is 5.87. The van der Waals surface area contributed by atoms with Gasteiger partial charge in [0.05, 0.1) is 0 Å². The molecule has 0 amide bonds. The van der Waals surface area contributed by atoms with Gasteiger partial charge in [-0.2, -0.15) is 4.79 Å². The van der Waals surface area contributed by atoms with Crippen molar-refractivity contribution in [2.45, 2.75) is 5.25 Å². The predicted octanol–water partition coefficient (Wildman–Crippen LogP) is 2.45. The number of sulfone groups is 1. The Balaban J connectivity index is 2.62. The van der Waals surface area contributed by atoms with Crippen LogP contribution in [-0.2, 0) is 9.84 Å². The van der Waals surface area contributed by atoms with Gasteiger partial charge in [0.1, 0.15) is 5.25 Å². The molecule has 96 valence electrons. The molecule has 0 aliphatic heterocycles. The fourth-order valence-corrected chi connectivity index (χ4v) is 3.28. The van der Waals surface area contributed by atoms with Gasteiger partial charge in [0.2, 0.25) is 0 Å². The van der Waals surface area contributed by atoms with E-state index in [1.165, 1.54) is 0 Å². The van der Waals surface area contributed by atoms with Crippen LogP contribution >= 0.6 is 0 Å². The molecule has 0 atom stereocenters. The van der Waals surface area contributed by atoms with Crippen LogP contribution in [0.5, 0.6) is 0 Å². The van der Waals surface area contributed by atoms with Gasteiger partial charge < -0.3 is 5.53 Å². The second kappa shape index (κ2) is 5.61. The van der Waals surface area contributed by atoms with Crippen molar-refractivity contribution in [2.75, 3.05) is 0 Å². The van der Waals surface area contributed by atoms with E-state index in [9.17, 15) is 8.42 Å². The highest BCUT2D eigenvalue weighted by molar-refractivity contribution is 8.04. The molecule has 2 aromatic carbocycles. The molecule has 2 rings (SSSR count). The third kappa shape index (κ3) is 2.96. The summed E-state index contributed by atoms with van der Waals surface area (Å²) < 4.78 is 24.4. The van der Waals surface area contributed by atoms with Gasteiger partial charge in [-0.3, -0.25) is 0 Å². The minimum Gasteiger partial charge on any atom is -0.361 e. The van der Waals surface area contributed by atoms with E-state index in [2.05, 4.69) is 4.79 Å². The summed E-state index contributed by atoms with van der Waals surface area (Å²) in [4.78, 5) is 2.67. The van der Waals surface area contributed by atoms with Gasteiger partial charge >= 0.3 is 5.55 Å². The zero-order valence-corrected chi connectivity index (χ0v) is 10.9. The fraction of sp³-hybridized carbons (Fsp3) is 0.0714. The third-order valence-corrected chi connectivity index (χ3v) is 4.32. The van der Waals surface area contributed by atoms with Crippen LogP contribution in [0.15, 0.2) is 60.7 Å². The average molecular weight is 272 g/mol. The molecule has 2 aromatic rings. The van der Waals surface area contributed by atoms with Crippen LogP contribution in [0.1, 0.15) is 16.4 Å². The highest BCUT2D eigenvalue weighted by Gasteiger charge is 2.30. The molecule has 0 heterocycles. The van der Waals surface area contributed by atoms with E-state index in [1.54, 1.807) is 48.5 Å². The molecular weight excluding hydrogens is 260 g/mol. The summed E-state index contributed by atoms with van der Waals surface area (Å²) in [6, 6.07) is 17.7. The van der Waals surface area contributed by atoms with Crippen molar-refractivity contribution in [1.29, 1.82) is 0 Å². The second-order valence-electron chi connectivity index (χ2n) is 4.01. The lowest BCUT2D eigenvalue weighted by molar-refractivity contribution is 0.00749. The molecule has 0 fully saturated rings. The first-order valence-electron chi connectivity index (χ1n) is 5.66. The maximum absolute atomic E-state index is 12.2.